The quantitative estimate of drug-likeness (QED) is 0.750. The Morgan fingerprint density at radius 1 is 1.03 bits per heavy atom. The molecule has 0 bridgehead atoms. The molecule has 2 aromatic rings. The fourth-order valence-electron chi connectivity index (χ4n) is 3.47. The van der Waals surface area contributed by atoms with Gasteiger partial charge in [-0.1, -0.05) is 36.0 Å². The molecule has 32 heavy (non-hydrogen) atoms. The van der Waals surface area contributed by atoms with Crippen molar-refractivity contribution in [2.45, 2.75) is 33.2 Å². The van der Waals surface area contributed by atoms with Gasteiger partial charge in [0.2, 0.25) is 11.8 Å². The SMILES string of the molecule is Cc1ccc(C)c(N2N=C(C(=O)Nc3ccc(CN4C(=O)CSC4=O)cc3)CCC2=O)c1. The third kappa shape index (κ3) is 4.57. The van der Waals surface area contributed by atoms with E-state index >= 15 is 0 Å². The largest absolute Gasteiger partial charge is 0.321 e. The Morgan fingerprint density at radius 2 is 1.78 bits per heavy atom. The number of hydrazone groups is 1. The molecule has 4 amide bonds. The van der Waals surface area contributed by atoms with Gasteiger partial charge < -0.3 is 5.32 Å². The highest BCUT2D eigenvalue weighted by atomic mass is 32.2. The van der Waals surface area contributed by atoms with Crippen LogP contribution in [0.3, 0.4) is 0 Å². The number of thioether (sulfide) groups is 1. The van der Waals surface area contributed by atoms with E-state index in [1.807, 2.05) is 32.0 Å². The lowest BCUT2D eigenvalue weighted by atomic mass is 10.1. The van der Waals surface area contributed by atoms with Crippen molar-refractivity contribution in [2.24, 2.45) is 5.10 Å². The number of hydrogen-bond acceptors (Lipinski definition) is 6. The van der Waals surface area contributed by atoms with Crippen LogP contribution in [0.15, 0.2) is 47.6 Å². The zero-order valence-corrected chi connectivity index (χ0v) is 18.6. The lowest BCUT2D eigenvalue weighted by Gasteiger charge is -2.24. The number of hydrogen-bond donors (Lipinski definition) is 1. The van der Waals surface area contributed by atoms with Gasteiger partial charge >= 0.3 is 0 Å². The molecule has 2 heterocycles. The van der Waals surface area contributed by atoms with Crippen molar-refractivity contribution in [3.8, 4) is 0 Å². The summed E-state index contributed by atoms with van der Waals surface area (Å²) in [6.07, 6.45) is 0.468. The van der Waals surface area contributed by atoms with E-state index in [9.17, 15) is 19.2 Å². The second kappa shape index (κ2) is 8.96. The predicted molar refractivity (Wildman–Crippen MR) is 124 cm³/mol. The molecule has 2 aliphatic heterocycles. The summed E-state index contributed by atoms with van der Waals surface area (Å²) < 4.78 is 0. The summed E-state index contributed by atoms with van der Waals surface area (Å²) in [4.78, 5) is 49.9. The van der Waals surface area contributed by atoms with Crippen LogP contribution < -0.4 is 10.3 Å². The van der Waals surface area contributed by atoms with Crippen LogP contribution in [0.4, 0.5) is 16.2 Å². The van der Waals surface area contributed by atoms with Crippen LogP contribution in [0.25, 0.3) is 0 Å². The number of carbonyl (C=O) groups excluding carboxylic acids is 4. The van der Waals surface area contributed by atoms with Crippen LogP contribution in [0.5, 0.6) is 0 Å². The minimum Gasteiger partial charge on any atom is -0.321 e. The van der Waals surface area contributed by atoms with E-state index in [2.05, 4.69) is 10.4 Å². The molecule has 164 valence electrons. The zero-order valence-electron chi connectivity index (χ0n) is 17.8. The average molecular weight is 451 g/mol. The summed E-state index contributed by atoms with van der Waals surface area (Å²) in [6, 6.07) is 12.7. The van der Waals surface area contributed by atoms with Crippen LogP contribution in [-0.4, -0.2) is 39.3 Å². The van der Waals surface area contributed by atoms with Crippen molar-refractivity contribution >= 4 is 51.8 Å². The van der Waals surface area contributed by atoms with E-state index in [0.717, 1.165) is 28.5 Å². The Balaban J connectivity index is 1.46. The third-order valence-electron chi connectivity index (χ3n) is 5.28. The molecule has 0 atom stereocenters. The van der Waals surface area contributed by atoms with Crippen LogP contribution >= 0.6 is 11.8 Å². The summed E-state index contributed by atoms with van der Waals surface area (Å²) in [5, 5.41) is 8.21. The molecule has 0 unspecified atom stereocenters. The molecule has 2 aromatic carbocycles. The lowest BCUT2D eigenvalue weighted by molar-refractivity contribution is -0.125. The van der Waals surface area contributed by atoms with Gasteiger partial charge in [0.05, 0.1) is 18.0 Å². The second-order valence-corrected chi connectivity index (χ2v) is 8.65. The Kier molecular flexibility index (Phi) is 6.09. The van der Waals surface area contributed by atoms with Gasteiger partial charge in [-0.05, 0) is 48.7 Å². The monoisotopic (exact) mass is 450 g/mol. The van der Waals surface area contributed by atoms with Gasteiger partial charge in [0.15, 0.2) is 0 Å². The first-order chi connectivity index (χ1) is 15.3. The van der Waals surface area contributed by atoms with E-state index in [1.165, 1.54) is 9.91 Å². The molecule has 1 saturated heterocycles. The Hall–Kier alpha value is -3.46. The molecular weight excluding hydrogens is 428 g/mol. The number of aryl methyl sites for hydroxylation is 2. The standard InChI is InChI=1S/C23H22N4O4S/c1-14-3-4-15(2)19(11-14)27-20(28)10-9-18(25-27)22(30)24-17-7-5-16(6-8-17)12-26-21(29)13-32-23(26)31/h3-8,11H,9-10,12-13H2,1-2H3,(H,24,30). The van der Waals surface area contributed by atoms with Crippen molar-refractivity contribution in [2.75, 3.05) is 16.1 Å². The van der Waals surface area contributed by atoms with Gasteiger partial charge in [0, 0.05) is 18.5 Å². The van der Waals surface area contributed by atoms with Crippen molar-refractivity contribution < 1.29 is 19.2 Å². The third-order valence-corrected chi connectivity index (χ3v) is 6.14. The first-order valence-electron chi connectivity index (χ1n) is 10.2. The highest BCUT2D eigenvalue weighted by Crippen LogP contribution is 2.26. The fourth-order valence-corrected chi connectivity index (χ4v) is 4.19. The maximum atomic E-state index is 12.8. The van der Waals surface area contributed by atoms with Crippen molar-refractivity contribution in [1.82, 2.24) is 4.90 Å². The van der Waals surface area contributed by atoms with Gasteiger partial charge in [0.25, 0.3) is 11.1 Å². The number of amides is 4. The van der Waals surface area contributed by atoms with E-state index in [-0.39, 0.29) is 53.8 Å². The predicted octanol–water partition coefficient (Wildman–Crippen LogP) is 3.62. The van der Waals surface area contributed by atoms with Gasteiger partial charge in [-0.25, -0.2) is 5.01 Å². The molecule has 0 spiro atoms. The van der Waals surface area contributed by atoms with Crippen molar-refractivity contribution in [3.05, 3.63) is 59.2 Å². The van der Waals surface area contributed by atoms with Gasteiger partial charge in [-0.3, -0.25) is 24.1 Å². The van der Waals surface area contributed by atoms with E-state index in [4.69, 9.17) is 0 Å². The summed E-state index contributed by atoms with van der Waals surface area (Å²) in [6.45, 7) is 4.04. The number of nitrogens with one attached hydrogen (secondary N) is 1. The highest BCUT2D eigenvalue weighted by Gasteiger charge is 2.30. The molecule has 2 aliphatic rings. The zero-order chi connectivity index (χ0) is 22.8. The average Bonchev–Trinajstić information content (AvgIpc) is 3.09. The topological polar surface area (TPSA) is 99.2 Å². The molecular formula is C23H22N4O4S. The van der Waals surface area contributed by atoms with Crippen LogP contribution in [0.1, 0.15) is 29.5 Å². The molecule has 4 rings (SSSR count). The summed E-state index contributed by atoms with van der Waals surface area (Å²) in [5.41, 5.74) is 4.20. The first kappa shape index (κ1) is 21.8. The number of carbonyl (C=O) groups is 4. The van der Waals surface area contributed by atoms with Crippen LogP contribution in [0, 0.1) is 13.8 Å². The van der Waals surface area contributed by atoms with Gasteiger partial charge in [0.1, 0.15) is 5.71 Å². The first-order valence-corrected chi connectivity index (χ1v) is 11.2. The molecule has 0 radical (unpaired) electrons. The summed E-state index contributed by atoms with van der Waals surface area (Å²) >= 11 is 1.000. The molecule has 0 saturated carbocycles. The number of anilines is 2. The molecule has 9 heteroatoms. The highest BCUT2D eigenvalue weighted by molar-refractivity contribution is 8.14. The molecule has 1 N–H and O–H groups in total. The van der Waals surface area contributed by atoms with Crippen molar-refractivity contribution in [1.29, 1.82) is 0 Å². The number of nitrogens with zero attached hydrogens (tertiary/aromatic N) is 3. The maximum absolute atomic E-state index is 12.8. The summed E-state index contributed by atoms with van der Waals surface area (Å²) in [5.74, 6) is -0.544. The fraction of sp³-hybridized carbons (Fsp3) is 0.261. The molecule has 0 aliphatic carbocycles. The molecule has 1 fully saturated rings. The Bertz CT molecular complexity index is 1130. The van der Waals surface area contributed by atoms with E-state index in [1.54, 1.807) is 24.3 Å². The smallest absolute Gasteiger partial charge is 0.289 e. The number of imide groups is 1. The van der Waals surface area contributed by atoms with Crippen molar-refractivity contribution in [3.63, 3.8) is 0 Å². The second-order valence-electron chi connectivity index (χ2n) is 7.73. The number of benzene rings is 2. The Morgan fingerprint density at radius 3 is 2.47 bits per heavy atom. The van der Waals surface area contributed by atoms with Crippen LogP contribution in [0.2, 0.25) is 0 Å². The van der Waals surface area contributed by atoms with E-state index in [0.29, 0.717) is 11.4 Å². The molecule has 8 nitrogen and oxygen atoms in total. The summed E-state index contributed by atoms with van der Waals surface area (Å²) in [7, 11) is 0. The minimum absolute atomic E-state index is 0.149. The van der Waals surface area contributed by atoms with Gasteiger partial charge in [-0.2, -0.15) is 5.10 Å². The Labute approximate surface area is 189 Å². The lowest BCUT2D eigenvalue weighted by Crippen LogP contribution is -2.36. The maximum Gasteiger partial charge on any atom is 0.289 e. The van der Waals surface area contributed by atoms with Gasteiger partial charge in [-0.15, -0.1) is 0 Å². The number of rotatable bonds is 5. The molecule has 0 aromatic heterocycles. The van der Waals surface area contributed by atoms with Crippen LogP contribution in [-0.2, 0) is 20.9 Å². The normalized spacial score (nSPS) is 16.4. The van der Waals surface area contributed by atoms with E-state index < -0.39 is 0 Å². The minimum atomic E-state index is -0.373.